The molecule has 0 amide bonds. The summed E-state index contributed by atoms with van der Waals surface area (Å²) < 4.78 is 18.4. The van der Waals surface area contributed by atoms with E-state index in [2.05, 4.69) is 66.8 Å². The Labute approximate surface area is 161 Å². The number of aldehydes is 1. The van der Waals surface area contributed by atoms with Crippen molar-refractivity contribution in [3.63, 3.8) is 0 Å². The molecule has 1 aliphatic heterocycles. The predicted octanol–water partition coefficient (Wildman–Crippen LogP) is 5.33. The van der Waals surface area contributed by atoms with Crippen molar-refractivity contribution in [2.45, 2.75) is 104 Å². The Kier molecular flexibility index (Phi) is 7.86. The summed E-state index contributed by atoms with van der Waals surface area (Å²) in [6.45, 7) is 21.7. The molecule has 5 heteroatoms. The van der Waals surface area contributed by atoms with Gasteiger partial charge in [0.15, 0.2) is 14.1 Å². The number of ether oxygens (including phenoxy) is 2. The lowest BCUT2D eigenvalue weighted by Crippen LogP contribution is -2.44. The molecule has 4 nitrogen and oxygen atoms in total. The highest BCUT2D eigenvalue weighted by atomic mass is 28.4. The van der Waals surface area contributed by atoms with E-state index in [1.54, 1.807) is 0 Å². The van der Waals surface area contributed by atoms with Gasteiger partial charge in [-0.3, -0.25) is 0 Å². The first-order valence-electron chi connectivity index (χ1n) is 9.85. The van der Waals surface area contributed by atoms with E-state index < -0.39 is 14.1 Å². The first-order chi connectivity index (χ1) is 11.7. The highest BCUT2D eigenvalue weighted by Gasteiger charge is 2.43. The van der Waals surface area contributed by atoms with Crippen LogP contribution in [-0.2, 0) is 18.7 Å². The number of hydrogen-bond acceptors (Lipinski definition) is 4. The van der Waals surface area contributed by atoms with Crippen molar-refractivity contribution in [3.8, 4) is 0 Å². The van der Waals surface area contributed by atoms with Crippen LogP contribution in [0.1, 0.15) is 61.8 Å². The van der Waals surface area contributed by atoms with Crippen LogP contribution >= 0.6 is 0 Å². The standard InChI is InChI=1S/C21H40O4Si/c1-15(17(3)25-26(9,10)20(4,5)6)11-12-16(2)19-18(13-14-22)23-21(7,8)24-19/h11-12,14-19H,13H2,1-10H3/b12-11-/t15-,16?,17+,18+,19-/m1/s1. The van der Waals surface area contributed by atoms with Gasteiger partial charge in [0.2, 0.25) is 0 Å². The zero-order chi connectivity index (χ0) is 20.3. The average molecular weight is 385 g/mol. The third kappa shape index (κ3) is 6.29. The topological polar surface area (TPSA) is 44.8 Å². The van der Waals surface area contributed by atoms with Crippen molar-refractivity contribution < 1.29 is 18.7 Å². The number of hydrogen-bond donors (Lipinski definition) is 0. The normalized spacial score (nSPS) is 27.5. The molecule has 152 valence electrons. The van der Waals surface area contributed by atoms with Crippen LogP contribution in [0.15, 0.2) is 12.2 Å². The molecule has 0 N–H and O–H groups in total. The average Bonchev–Trinajstić information content (AvgIpc) is 2.78. The molecule has 26 heavy (non-hydrogen) atoms. The van der Waals surface area contributed by atoms with Crippen molar-refractivity contribution in [1.29, 1.82) is 0 Å². The molecule has 0 aliphatic carbocycles. The number of rotatable bonds is 8. The van der Waals surface area contributed by atoms with Crippen molar-refractivity contribution >= 4 is 14.6 Å². The second kappa shape index (κ2) is 8.68. The maximum atomic E-state index is 10.9. The highest BCUT2D eigenvalue weighted by molar-refractivity contribution is 6.74. The van der Waals surface area contributed by atoms with E-state index >= 15 is 0 Å². The summed E-state index contributed by atoms with van der Waals surface area (Å²) in [6.07, 6.45) is 5.57. The molecular formula is C21H40O4Si. The fourth-order valence-electron chi connectivity index (χ4n) is 2.95. The number of carbonyl (C=O) groups excluding carboxylic acids is 1. The Morgan fingerprint density at radius 2 is 1.69 bits per heavy atom. The fourth-order valence-corrected chi connectivity index (χ4v) is 4.45. The molecule has 1 unspecified atom stereocenters. The third-order valence-electron chi connectivity index (χ3n) is 5.81. The quantitative estimate of drug-likeness (QED) is 0.322. The summed E-state index contributed by atoms with van der Waals surface area (Å²) in [5.74, 6) is -0.152. The van der Waals surface area contributed by atoms with Crippen molar-refractivity contribution in [1.82, 2.24) is 0 Å². The molecule has 0 saturated carbocycles. The van der Waals surface area contributed by atoms with Crippen LogP contribution in [-0.4, -0.2) is 38.7 Å². The maximum Gasteiger partial charge on any atom is 0.192 e. The second-order valence-corrected chi connectivity index (χ2v) is 14.5. The summed E-state index contributed by atoms with van der Waals surface area (Å²) in [5, 5.41) is 0.209. The summed E-state index contributed by atoms with van der Waals surface area (Å²) in [6, 6.07) is 0. The van der Waals surface area contributed by atoms with Crippen molar-refractivity contribution in [2.24, 2.45) is 11.8 Å². The van der Waals surface area contributed by atoms with Crippen LogP contribution in [0.4, 0.5) is 0 Å². The number of carbonyl (C=O) groups is 1. The third-order valence-corrected chi connectivity index (χ3v) is 10.4. The summed E-state index contributed by atoms with van der Waals surface area (Å²) >= 11 is 0. The first kappa shape index (κ1) is 23.5. The van der Waals surface area contributed by atoms with Gasteiger partial charge in [-0.15, -0.1) is 0 Å². The Morgan fingerprint density at radius 1 is 1.12 bits per heavy atom. The lowest BCUT2D eigenvalue weighted by molar-refractivity contribution is -0.149. The molecular weight excluding hydrogens is 344 g/mol. The van der Waals surface area contributed by atoms with Crippen LogP contribution in [0.3, 0.4) is 0 Å². The second-order valence-electron chi connectivity index (χ2n) is 9.73. The summed E-state index contributed by atoms with van der Waals surface area (Å²) in [4.78, 5) is 10.9. The van der Waals surface area contributed by atoms with Crippen molar-refractivity contribution in [2.75, 3.05) is 0 Å². The van der Waals surface area contributed by atoms with Crippen LogP contribution in [0.5, 0.6) is 0 Å². The zero-order valence-electron chi connectivity index (χ0n) is 18.5. The van der Waals surface area contributed by atoms with Crippen LogP contribution in [0.2, 0.25) is 18.1 Å². The predicted molar refractivity (Wildman–Crippen MR) is 110 cm³/mol. The monoisotopic (exact) mass is 384 g/mol. The largest absolute Gasteiger partial charge is 0.414 e. The molecule has 0 aromatic carbocycles. The minimum absolute atomic E-state index is 0.102. The lowest BCUT2D eigenvalue weighted by atomic mass is 9.95. The van der Waals surface area contributed by atoms with Crippen molar-refractivity contribution in [3.05, 3.63) is 12.2 Å². The zero-order valence-corrected chi connectivity index (χ0v) is 19.5. The van der Waals surface area contributed by atoms with Crippen LogP contribution in [0, 0.1) is 11.8 Å². The van der Waals surface area contributed by atoms with Gasteiger partial charge >= 0.3 is 0 Å². The van der Waals surface area contributed by atoms with Gasteiger partial charge < -0.3 is 18.7 Å². The van der Waals surface area contributed by atoms with E-state index in [1.807, 2.05) is 13.8 Å². The van der Waals surface area contributed by atoms with Gasteiger partial charge in [-0.25, -0.2) is 0 Å². The lowest BCUT2D eigenvalue weighted by Gasteiger charge is -2.39. The Balaban J connectivity index is 2.71. The smallest absolute Gasteiger partial charge is 0.192 e. The Bertz CT molecular complexity index is 493. The fraction of sp³-hybridized carbons (Fsp3) is 0.857. The van der Waals surface area contributed by atoms with Gasteiger partial charge in [0.25, 0.3) is 0 Å². The van der Waals surface area contributed by atoms with E-state index in [1.165, 1.54) is 0 Å². The molecule has 0 spiro atoms. The highest BCUT2D eigenvalue weighted by Crippen LogP contribution is 2.38. The van der Waals surface area contributed by atoms with Gasteiger partial charge in [-0.2, -0.15) is 0 Å². The SMILES string of the molecule is CC(/C=C\[C@@H](C)[C@H](C)O[Si](C)(C)C(C)(C)C)[C@H]1OC(C)(C)O[C@H]1CC=O. The van der Waals surface area contributed by atoms with E-state index in [4.69, 9.17) is 13.9 Å². The summed E-state index contributed by atoms with van der Waals surface area (Å²) in [5.41, 5.74) is 0. The van der Waals surface area contributed by atoms with Gasteiger partial charge in [0.1, 0.15) is 6.29 Å². The van der Waals surface area contributed by atoms with Gasteiger partial charge in [-0.1, -0.05) is 46.8 Å². The molecule has 1 aliphatic rings. The molecule has 0 radical (unpaired) electrons. The van der Waals surface area contributed by atoms with Crippen LogP contribution in [0.25, 0.3) is 0 Å². The summed E-state index contributed by atoms with van der Waals surface area (Å²) in [7, 11) is -1.77. The van der Waals surface area contributed by atoms with E-state index in [0.717, 1.165) is 6.29 Å². The molecule has 5 atom stereocenters. The molecule has 1 heterocycles. The van der Waals surface area contributed by atoms with Gasteiger partial charge in [0.05, 0.1) is 12.2 Å². The minimum atomic E-state index is -1.77. The molecule has 1 saturated heterocycles. The molecule has 0 aromatic heterocycles. The van der Waals surface area contributed by atoms with E-state index in [9.17, 15) is 4.79 Å². The van der Waals surface area contributed by atoms with Gasteiger partial charge in [-0.05, 0) is 44.8 Å². The molecule has 1 rings (SSSR count). The molecule has 0 aromatic rings. The Morgan fingerprint density at radius 3 is 2.19 bits per heavy atom. The maximum absolute atomic E-state index is 10.9. The molecule has 1 fully saturated rings. The molecule has 0 bridgehead atoms. The van der Waals surface area contributed by atoms with E-state index in [0.29, 0.717) is 12.3 Å². The van der Waals surface area contributed by atoms with Crippen LogP contribution < -0.4 is 0 Å². The Hall–Kier alpha value is -0.493. The minimum Gasteiger partial charge on any atom is -0.414 e. The van der Waals surface area contributed by atoms with E-state index in [-0.39, 0.29) is 29.3 Å². The van der Waals surface area contributed by atoms with Gasteiger partial charge in [0, 0.05) is 18.4 Å². The first-order valence-corrected chi connectivity index (χ1v) is 12.8.